The fraction of sp³-hybridized carbons (Fsp3) is 0.188. The Hall–Kier alpha value is -2.69. The molecule has 2 heterocycles. The van der Waals surface area contributed by atoms with Crippen LogP contribution in [0.25, 0.3) is 16.6 Å². The van der Waals surface area contributed by atoms with Crippen LogP contribution in [0.5, 0.6) is 0 Å². The van der Waals surface area contributed by atoms with Crippen molar-refractivity contribution in [3.63, 3.8) is 0 Å². The summed E-state index contributed by atoms with van der Waals surface area (Å²) in [4.78, 5) is 15.6. The van der Waals surface area contributed by atoms with Gasteiger partial charge in [0.2, 0.25) is 0 Å². The average molecular weight is 279 g/mol. The monoisotopic (exact) mass is 279 g/mol. The summed E-state index contributed by atoms with van der Waals surface area (Å²) in [7, 11) is 0. The second-order valence-electron chi connectivity index (χ2n) is 5.31. The van der Waals surface area contributed by atoms with Crippen molar-refractivity contribution in [2.24, 2.45) is 0 Å². The van der Waals surface area contributed by atoms with Gasteiger partial charge in [-0.1, -0.05) is 24.3 Å². The first-order valence-electron chi connectivity index (χ1n) is 6.91. The van der Waals surface area contributed by atoms with Gasteiger partial charge in [0.1, 0.15) is 0 Å². The SMILES string of the molecule is O=C(O)c1cnc(-n2ccc(C3CC3)n2)c2ccccc12. The molecule has 2 aromatic heterocycles. The van der Waals surface area contributed by atoms with Gasteiger partial charge in [0, 0.05) is 29.1 Å². The highest BCUT2D eigenvalue weighted by Gasteiger charge is 2.26. The van der Waals surface area contributed by atoms with Crippen molar-refractivity contribution in [3.8, 4) is 5.82 Å². The highest BCUT2D eigenvalue weighted by Crippen LogP contribution is 2.39. The van der Waals surface area contributed by atoms with Crippen LogP contribution in [-0.4, -0.2) is 25.8 Å². The Balaban J connectivity index is 1.92. The Bertz CT molecular complexity index is 850. The third-order valence-electron chi connectivity index (χ3n) is 3.83. The van der Waals surface area contributed by atoms with Crippen LogP contribution >= 0.6 is 0 Å². The summed E-state index contributed by atoms with van der Waals surface area (Å²) in [5.74, 6) is 0.280. The van der Waals surface area contributed by atoms with Crippen LogP contribution in [-0.2, 0) is 0 Å². The first-order chi connectivity index (χ1) is 10.2. The molecule has 0 amide bonds. The van der Waals surface area contributed by atoms with E-state index in [1.165, 1.54) is 19.0 Å². The summed E-state index contributed by atoms with van der Waals surface area (Å²) in [5, 5.41) is 15.3. The number of hydrogen-bond acceptors (Lipinski definition) is 3. The second kappa shape index (κ2) is 4.41. The van der Waals surface area contributed by atoms with Gasteiger partial charge in [-0.25, -0.2) is 14.5 Å². The molecule has 0 unspecified atom stereocenters. The smallest absolute Gasteiger partial charge is 0.337 e. The van der Waals surface area contributed by atoms with Gasteiger partial charge in [0.05, 0.1) is 11.3 Å². The number of rotatable bonds is 3. The molecule has 0 bridgehead atoms. The van der Waals surface area contributed by atoms with Crippen molar-refractivity contribution < 1.29 is 9.90 Å². The number of carbonyl (C=O) groups is 1. The molecule has 0 saturated heterocycles. The Morgan fingerprint density at radius 1 is 1.19 bits per heavy atom. The number of aromatic carboxylic acids is 1. The molecule has 4 rings (SSSR count). The molecule has 1 fully saturated rings. The molecule has 0 spiro atoms. The first kappa shape index (κ1) is 12.1. The lowest BCUT2D eigenvalue weighted by Gasteiger charge is -2.08. The Labute approximate surface area is 120 Å². The summed E-state index contributed by atoms with van der Waals surface area (Å²) in [5.41, 5.74) is 1.30. The quantitative estimate of drug-likeness (QED) is 0.800. The van der Waals surface area contributed by atoms with Gasteiger partial charge in [0.25, 0.3) is 0 Å². The van der Waals surface area contributed by atoms with E-state index in [2.05, 4.69) is 10.1 Å². The van der Waals surface area contributed by atoms with Crippen LogP contribution < -0.4 is 0 Å². The Kier molecular flexibility index (Phi) is 2.54. The maximum absolute atomic E-state index is 11.3. The number of carboxylic acid groups (broad SMARTS) is 1. The largest absolute Gasteiger partial charge is 0.478 e. The minimum Gasteiger partial charge on any atom is -0.478 e. The normalized spacial score (nSPS) is 14.5. The predicted molar refractivity (Wildman–Crippen MR) is 77.8 cm³/mol. The van der Waals surface area contributed by atoms with Crippen molar-refractivity contribution in [3.05, 3.63) is 54.0 Å². The minimum absolute atomic E-state index is 0.212. The van der Waals surface area contributed by atoms with Crippen LogP contribution in [0.4, 0.5) is 0 Å². The van der Waals surface area contributed by atoms with Gasteiger partial charge in [0.15, 0.2) is 5.82 Å². The van der Waals surface area contributed by atoms with Crippen molar-refractivity contribution in [1.29, 1.82) is 0 Å². The summed E-state index contributed by atoms with van der Waals surface area (Å²) in [6, 6.07) is 9.40. The molecular formula is C16H13N3O2. The number of aromatic nitrogens is 3. The summed E-state index contributed by atoms with van der Waals surface area (Å²) in [6.45, 7) is 0. The number of nitrogens with zero attached hydrogens (tertiary/aromatic N) is 3. The van der Waals surface area contributed by atoms with Gasteiger partial charge in [-0.15, -0.1) is 0 Å². The lowest BCUT2D eigenvalue weighted by Crippen LogP contribution is -2.04. The number of hydrogen-bond donors (Lipinski definition) is 1. The predicted octanol–water partition coefficient (Wildman–Crippen LogP) is 3.00. The molecule has 3 aromatic rings. The summed E-state index contributed by atoms with van der Waals surface area (Å²) < 4.78 is 1.74. The number of benzene rings is 1. The minimum atomic E-state index is -0.968. The Morgan fingerprint density at radius 3 is 2.67 bits per heavy atom. The molecule has 5 heteroatoms. The van der Waals surface area contributed by atoms with E-state index in [1.54, 1.807) is 10.7 Å². The second-order valence-corrected chi connectivity index (χ2v) is 5.31. The van der Waals surface area contributed by atoms with E-state index in [-0.39, 0.29) is 5.56 Å². The molecule has 5 nitrogen and oxygen atoms in total. The van der Waals surface area contributed by atoms with Gasteiger partial charge in [-0.3, -0.25) is 0 Å². The van der Waals surface area contributed by atoms with Gasteiger partial charge in [-0.05, 0) is 18.9 Å². The summed E-state index contributed by atoms with van der Waals surface area (Å²) in [6.07, 6.45) is 5.69. The van der Waals surface area contributed by atoms with Crippen molar-refractivity contribution >= 4 is 16.7 Å². The van der Waals surface area contributed by atoms with Crippen molar-refractivity contribution in [2.45, 2.75) is 18.8 Å². The lowest BCUT2D eigenvalue weighted by atomic mass is 10.1. The van der Waals surface area contributed by atoms with Crippen molar-refractivity contribution in [1.82, 2.24) is 14.8 Å². The standard InChI is InChI=1S/C16H13N3O2/c20-16(21)13-9-17-15(12-4-2-1-3-11(12)13)19-8-7-14(18-19)10-5-6-10/h1-4,7-10H,5-6H2,(H,20,21). The van der Waals surface area contributed by atoms with E-state index in [0.717, 1.165) is 11.1 Å². The van der Waals surface area contributed by atoms with Crippen LogP contribution in [0.1, 0.15) is 34.8 Å². The van der Waals surface area contributed by atoms with E-state index in [4.69, 9.17) is 0 Å². The average Bonchev–Trinajstić information content (AvgIpc) is 3.24. The Morgan fingerprint density at radius 2 is 1.95 bits per heavy atom. The molecule has 0 radical (unpaired) electrons. The van der Waals surface area contributed by atoms with Crippen LogP contribution in [0.2, 0.25) is 0 Å². The highest BCUT2D eigenvalue weighted by molar-refractivity contribution is 6.05. The highest BCUT2D eigenvalue weighted by atomic mass is 16.4. The van der Waals surface area contributed by atoms with E-state index < -0.39 is 5.97 Å². The first-order valence-corrected chi connectivity index (χ1v) is 6.91. The van der Waals surface area contributed by atoms with E-state index in [9.17, 15) is 9.90 Å². The van der Waals surface area contributed by atoms with Crippen LogP contribution in [0, 0.1) is 0 Å². The van der Waals surface area contributed by atoms with Gasteiger partial charge in [-0.2, -0.15) is 5.10 Å². The zero-order valence-electron chi connectivity index (χ0n) is 11.2. The number of fused-ring (bicyclic) bond motifs is 1. The molecule has 1 aliphatic rings. The number of pyridine rings is 1. The molecule has 0 aliphatic heterocycles. The third kappa shape index (κ3) is 1.98. The zero-order chi connectivity index (χ0) is 14.4. The maximum Gasteiger partial charge on any atom is 0.337 e. The molecule has 1 N–H and O–H groups in total. The fourth-order valence-electron chi connectivity index (χ4n) is 2.58. The summed E-state index contributed by atoms with van der Waals surface area (Å²) >= 11 is 0. The molecule has 0 atom stereocenters. The molecule has 21 heavy (non-hydrogen) atoms. The van der Waals surface area contributed by atoms with E-state index >= 15 is 0 Å². The molecule has 1 saturated carbocycles. The van der Waals surface area contributed by atoms with Crippen molar-refractivity contribution in [2.75, 3.05) is 0 Å². The van der Waals surface area contributed by atoms with Crippen LogP contribution in [0.15, 0.2) is 42.7 Å². The van der Waals surface area contributed by atoms with Gasteiger partial charge < -0.3 is 5.11 Å². The molecule has 104 valence electrons. The fourth-order valence-corrected chi connectivity index (χ4v) is 2.58. The third-order valence-corrected chi connectivity index (χ3v) is 3.83. The topological polar surface area (TPSA) is 68.0 Å². The maximum atomic E-state index is 11.3. The van der Waals surface area contributed by atoms with E-state index in [0.29, 0.717) is 17.1 Å². The van der Waals surface area contributed by atoms with Gasteiger partial charge >= 0.3 is 5.97 Å². The lowest BCUT2D eigenvalue weighted by molar-refractivity contribution is 0.0698. The molecular weight excluding hydrogens is 266 g/mol. The van der Waals surface area contributed by atoms with Crippen LogP contribution in [0.3, 0.4) is 0 Å². The molecule has 1 aliphatic carbocycles. The zero-order valence-corrected chi connectivity index (χ0v) is 11.2. The number of carboxylic acids is 1. The van der Waals surface area contributed by atoms with E-state index in [1.807, 2.05) is 30.5 Å². The molecule has 1 aromatic carbocycles.